The van der Waals surface area contributed by atoms with Crippen molar-refractivity contribution >= 4 is 11.0 Å². The fourth-order valence-electron chi connectivity index (χ4n) is 3.61. The van der Waals surface area contributed by atoms with Gasteiger partial charge in [-0.25, -0.2) is 0 Å². The third-order valence-corrected chi connectivity index (χ3v) is 5.00. The van der Waals surface area contributed by atoms with Crippen LogP contribution in [0, 0.1) is 0 Å². The van der Waals surface area contributed by atoms with Crippen LogP contribution >= 0.6 is 0 Å². The second kappa shape index (κ2) is 8.82. The topological polar surface area (TPSA) is 44.3 Å². The monoisotopic (exact) mass is 363 g/mol. The lowest BCUT2D eigenvalue weighted by atomic mass is 10.1. The number of fused-ring (bicyclic) bond motifs is 1. The predicted molar refractivity (Wildman–Crippen MR) is 112 cm³/mol. The number of benzene rings is 1. The van der Waals surface area contributed by atoms with Crippen LogP contribution in [0.4, 0.5) is 0 Å². The van der Waals surface area contributed by atoms with Crippen LogP contribution in [0.15, 0.2) is 66.8 Å². The molecule has 1 saturated heterocycles. The number of nitrogens with one attached hydrogen (secondary N) is 1. The second-order valence-electron chi connectivity index (χ2n) is 7.03. The maximum absolute atomic E-state index is 4.40. The van der Waals surface area contributed by atoms with Crippen LogP contribution in [0.5, 0.6) is 0 Å². The summed E-state index contributed by atoms with van der Waals surface area (Å²) >= 11 is 0. The molecule has 1 N–H and O–H groups in total. The fraction of sp³-hybridized carbons (Fsp3) is 0.364. The highest BCUT2D eigenvalue weighted by Crippen LogP contribution is 2.21. The molecule has 1 aliphatic rings. The Labute approximate surface area is 162 Å². The number of hydrogen-bond donors (Lipinski definition) is 1. The number of rotatable bonds is 6. The lowest BCUT2D eigenvalue weighted by molar-refractivity contribution is 0.133. The number of piperazine rings is 1. The predicted octanol–water partition coefficient (Wildman–Crippen LogP) is 3.33. The largest absolute Gasteiger partial charge is 0.380 e. The standard InChI is InChI=1S/C22H29N5/c1-5-7-22(27-13-12-26(4)16-17(27)3)19(6-2)25-15-18-8-9-20-21(14-18)24-11-10-23-20/h5-11,14,17,25H,1,12-13,15-16H2,2-4H3/b19-6+,22-7+/t17-/m1/s1. The zero-order valence-corrected chi connectivity index (χ0v) is 16.5. The molecule has 0 spiro atoms. The van der Waals surface area contributed by atoms with Gasteiger partial charge in [-0.15, -0.1) is 0 Å². The van der Waals surface area contributed by atoms with Gasteiger partial charge in [-0.05, 0) is 44.7 Å². The van der Waals surface area contributed by atoms with Gasteiger partial charge in [0.2, 0.25) is 0 Å². The summed E-state index contributed by atoms with van der Waals surface area (Å²) in [5, 5.41) is 3.61. The van der Waals surface area contributed by atoms with Crippen molar-refractivity contribution < 1.29 is 0 Å². The van der Waals surface area contributed by atoms with E-state index in [4.69, 9.17) is 0 Å². The molecule has 1 aliphatic heterocycles. The number of likely N-dealkylation sites (N-methyl/N-ethyl adjacent to an activating group) is 1. The fourth-order valence-corrected chi connectivity index (χ4v) is 3.61. The molecular weight excluding hydrogens is 334 g/mol. The molecule has 1 aromatic carbocycles. The van der Waals surface area contributed by atoms with Gasteiger partial charge in [-0.1, -0.05) is 24.8 Å². The van der Waals surface area contributed by atoms with Gasteiger partial charge in [-0.3, -0.25) is 9.97 Å². The summed E-state index contributed by atoms with van der Waals surface area (Å²) in [6, 6.07) is 6.69. The molecule has 0 saturated carbocycles. The van der Waals surface area contributed by atoms with Crippen LogP contribution < -0.4 is 5.32 Å². The van der Waals surface area contributed by atoms with Crippen LogP contribution in [0.1, 0.15) is 19.4 Å². The van der Waals surface area contributed by atoms with E-state index in [-0.39, 0.29) is 0 Å². The highest BCUT2D eigenvalue weighted by molar-refractivity contribution is 5.74. The summed E-state index contributed by atoms with van der Waals surface area (Å²) in [7, 11) is 2.18. The van der Waals surface area contributed by atoms with Crippen molar-refractivity contribution in [3.8, 4) is 0 Å². The molecule has 27 heavy (non-hydrogen) atoms. The molecule has 5 nitrogen and oxygen atoms in total. The van der Waals surface area contributed by atoms with Crippen LogP contribution in [-0.2, 0) is 6.54 Å². The van der Waals surface area contributed by atoms with Crippen molar-refractivity contribution in [3.63, 3.8) is 0 Å². The maximum Gasteiger partial charge on any atom is 0.0890 e. The van der Waals surface area contributed by atoms with Gasteiger partial charge in [0.1, 0.15) is 0 Å². The van der Waals surface area contributed by atoms with E-state index in [1.54, 1.807) is 12.4 Å². The first kappa shape index (κ1) is 19.1. The highest BCUT2D eigenvalue weighted by Gasteiger charge is 2.24. The molecule has 2 heterocycles. The van der Waals surface area contributed by atoms with Crippen molar-refractivity contribution in [2.45, 2.75) is 26.4 Å². The number of nitrogens with zero attached hydrogens (tertiary/aromatic N) is 4. The Kier molecular flexibility index (Phi) is 6.24. The van der Waals surface area contributed by atoms with E-state index in [1.165, 1.54) is 11.3 Å². The molecule has 0 aliphatic carbocycles. The van der Waals surface area contributed by atoms with Crippen molar-refractivity contribution in [1.29, 1.82) is 0 Å². The minimum atomic E-state index is 0.461. The third kappa shape index (κ3) is 4.55. The van der Waals surface area contributed by atoms with E-state index in [0.717, 1.165) is 42.9 Å². The lowest BCUT2D eigenvalue weighted by Gasteiger charge is -2.41. The number of aromatic nitrogens is 2. The quantitative estimate of drug-likeness (QED) is 0.798. The van der Waals surface area contributed by atoms with Gasteiger partial charge < -0.3 is 15.1 Å². The average Bonchev–Trinajstić information content (AvgIpc) is 2.68. The van der Waals surface area contributed by atoms with E-state index in [1.807, 2.05) is 12.1 Å². The van der Waals surface area contributed by atoms with Crippen LogP contribution in [0.3, 0.4) is 0 Å². The normalized spacial score (nSPS) is 19.4. The lowest BCUT2D eigenvalue weighted by Crippen LogP contribution is -2.50. The van der Waals surface area contributed by atoms with Crippen LogP contribution in [-0.4, -0.2) is 52.5 Å². The highest BCUT2D eigenvalue weighted by atomic mass is 15.3. The second-order valence-corrected chi connectivity index (χ2v) is 7.03. The first-order chi connectivity index (χ1) is 13.1. The first-order valence-corrected chi connectivity index (χ1v) is 9.50. The number of allylic oxidation sites excluding steroid dienone is 3. The van der Waals surface area contributed by atoms with Gasteiger partial charge in [-0.2, -0.15) is 0 Å². The molecule has 2 aromatic rings. The number of hydrogen-bond acceptors (Lipinski definition) is 5. The van der Waals surface area contributed by atoms with Crippen molar-refractivity contribution in [2.24, 2.45) is 0 Å². The summed E-state index contributed by atoms with van der Waals surface area (Å²) in [6.07, 6.45) is 9.58. The summed E-state index contributed by atoms with van der Waals surface area (Å²) < 4.78 is 0. The molecule has 142 valence electrons. The van der Waals surface area contributed by atoms with Gasteiger partial charge in [0, 0.05) is 44.6 Å². The summed E-state index contributed by atoms with van der Waals surface area (Å²) in [5.74, 6) is 0. The molecule has 0 bridgehead atoms. The molecule has 1 atom stereocenters. The van der Waals surface area contributed by atoms with Crippen LogP contribution in [0.2, 0.25) is 0 Å². The minimum absolute atomic E-state index is 0.461. The summed E-state index contributed by atoms with van der Waals surface area (Å²) in [6.45, 7) is 12.2. The SMILES string of the molecule is C=C/C=C(\C(=C/C)NCc1ccc2nccnc2c1)N1CCN(C)C[C@H]1C. The van der Waals surface area contributed by atoms with Gasteiger partial charge in [0.15, 0.2) is 0 Å². The Hall–Kier alpha value is -2.66. The van der Waals surface area contributed by atoms with Crippen molar-refractivity contribution in [1.82, 2.24) is 25.1 Å². The van der Waals surface area contributed by atoms with E-state index < -0.39 is 0 Å². The van der Waals surface area contributed by atoms with Gasteiger partial charge in [0.05, 0.1) is 22.4 Å². The summed E-state index contributed by atoms with van der Waals surface area (Å²) in [5.41, 5.74) is 5.37. The Balaban J connectivity index is 1.75. The molecular formula is C22H29N5. The van der Waals surface area contributed by atoms with E-state index in [2.05, 4.69) is 76.8 Å². The van der Waals surface area contributed by atoms with Crippen molar-refractivity contribution in [2.75, 3.05) is 26.7 Å². The van der Waals surface area contributed by atoms with Crippen LogP contribution in [0.25, 0.3) is 11.0 Å². The molecule has 5 heteroatoms. The van der Waals surface area contributed by atoms with E-state index in [0.29, 0.717) is 6.04 Å². The zero-order chi connectivity index (χ0) is 19.2. The summed E-state index contributed by atoms with van der Waals surface area (Å²) in [4.78, 5) is 13.6. The smallest absolute Gasteiger partial charge is 0.0890 e. The molecule has 0 unspecified atom stereocenters. The van der Waals surface area contributed by atoms with E-state index in [9.17, 15) is 0 Å². The van der Waals surface area contributed by atoms with Gasteiger partial charge >= 0.3 is 0 Å². The Morgan fingerprint density at radius 2 is 2.04 bits per heavy atom. The Morgan fingerprint density at radius 1 is 1.26 bits per heavy atom. The molecule has 1 fully saturated rings. The minimum Gasteiger partial charge on any atom is -0.380 e. The third-order valence-electron chi connectivity index (χ3n) is 5.00. The molecule has 0 radical (unpaired) electrons. The Bertz CT molecular complexity index is 855. The van der Waals surface area contributed by atoms with Crippen molar-refractivity contribution in [3.05, 3.63) is 72.4 Å². The molecule has 1 aromatic heterocycles. The average molecular weight is 364 g/mol. The molecule has 3 rings (SSSR count). The Morgan fingerprint density at radius 3 is 2.74 bits per heavy atom. The maximum atomic E-state index is 4.40. The van der Waals surface area contributed by atoms with Gasteiger partial charge in [0.25, 0.3) is 0 Å². The molecule has 0 amide bonds. The first-order valence-electron chi connectivity index (χ1n) is 9.50. The van der Waals surface area contributed by atoms with E-state index >= 15 is 0 Å². The zero-order valence-electron chi connectivity index (χ0n) is 16.5.